The molecule has 8 rings (SSSR count). The number of hydrazine groups is 1. The Balaban J connectivity index is 1.32. The lowest BCUT2D eigenvalue weighted by Gasteiger charge is -2.50. The zero-order valence-corrected chi connectivity index (χ0v) is 30.1. The first-order valence-electron chi connectivity index (χ1n) is 16.3. The molecule has 3 aromatic carbocycles. The normalized spacial score (nSPS) is 26.9. The van der Waals surface area contributed by atoms with Gasteiger partial charge in [-0.15, -0.1) is 11.3 Å². The van der Waals surface area contributed by atoms with Gasteiger partial charge in [0.1, 0.15) is 11.5 Å². The summed E-state index contributed by atoms with van der Waals surface area (Å²) >= 11 is 21.1. The van der Waals surface area contributed by atoms with Gasteiger partial charge in [-0.05, 0) is 83.8 Å². The van der Waals surface area contributed by atoms with Gasteiger partial charge in [0.25, 0.3) is 11.8 Å². The smallest absolute Gasteiger partial charge is 0.260 e. The van der Waals surface area contributed by atoms with E-state index < -0.39 is 46.8 Å². The molecule has 2 saturated heterocycles. The number of fused-ring (bicyclic) bond motifs is 4. The fourth-order valence-corrected chi connectivity index (χ4v) is 10.1. The van der Waals surface area contributed by atoms with Crippen molar-refractivity contribution < 1.29 is 29.0 Å². The molecule has 260 valence electrons. The minimum absolute atomic E-state index is 0.0703. The van der Waals surface area contributed by atoms with Gasteiger partial charge >= 0.3 is 0 Å². The number of benzene rings is 3. The van der Waals surface area contributed by atoms with Crippen molar-refractivity contribution >= 4 is 75.5 Å². The topological polar surface area (TPSA) is 116 Å². The Kier molecular flexibility index (Phi) is 8.41. The first-order valence-corrected chi connectivity index (χ1v) is 18.4. The van der Waals surface area contributed by atoms with Gasteiger partial charge in [0, 0.05) is 20.8 Å². The van der Waals surface area contributed by atoms with E-state index in [0.717, 1.165) is 15.5 Å². The van der Waals surface area contributed by atoms with Gasteiger partial charge in [-0.1, -0.05) is 70.7 Å². The van der Waals surface area contributed by atoms with Crippen molar-refractivity contribution in [3.05, 3.63) is 121 Å². The van der Waals surface area contributed by atoms with Crippen LogP contribution in [0.2, 0.25) is 15.1 Å². The molecule has 0 spiro atoms. The van der Waals surface area contributed by atoms with Crippen molar-refractivity contribution in [1.82, 2.24) is 9.91 Å². The minimum atomic E-state index is -1.56. The highest BCUT2D eigenvalue weighted by molar-refractivity contribution is 7.09. The van der Waals surface area contributed by atoms with E-state index in [1.807, 2.05) is 23.6 Å². The lowest BCUT2D eigenvalue weighted by molar-refractivity contribution is -0.141. The van der Waals surface area contributed by atoms with Crippen LogP contribution in [0, 0.1) is 23.7 Å². The summed E-state index contributed by atoms with van der Waals surface area (Å²) < 4.78 is 5.45. The largest absolute Gasteiger partial charge is 0.508 e. The monoisotopic (exact) mass is 761 g/mol. The van der Waals surface area contributed by atoms with Gasteiger partial charge in [0.05, 0.1) is 47.5 Å². The number of hydrogen-bond acceptors (Lipinski definition) is 8. The maximum atomic E-state index is 15.3. The van der Waals surface area contributed by atoms with Crippen LogP contribution in [0.3, 0.4) is 0 Å². The predicted molar refractivity (Wildman–Crippen MR) is 194 cm³/mol. The highest BCUT2D eigenvalue weighted by Gasteiger charge is 2.70. The number of anilines is 1. The molecule has 0 unspecified atom stereocenters. The summed E-state index contributed by atoms with van der Waals surface area (Å²) in [5.41, 5.74) is 3.51. The number of phenolic OH excluding ortho intramolecular Hbond substituents is 1. The maximum Gasteiger partial charge on any atom is 0.260 e. The number of likely N-dealkylation sites (tertiary alicyclic amines) is 1. The number of imide groups is 2. The van der Waals surface area contributed by atoms with Gasteiger partial charge in [-0.2, -0.15) is 5.01 Å². The third kappa shape index (κ3) is 5.17. The molecule has 9 nitrogen and oxygen atoms in total. The molecule has 3 heterocycles. The molecule has 3 fully saturated rings. The van der Waals surface area contributed by atoms with Crippen LogP contribution in [-0.4, -0.2) is 45.8 Å². The molecular formula is C38H30Cl3N3O6S. The Morgan fingerprint density at radius 1 is 0.922 bits per heavy atom. The minimum Gasteiger partial charge on any atom is -0.508 e. The third-order valence-electron chi connectivity index (χ3n) is 10.9. The number of ether oxygens (including phenoxy) is 1. The molecule has 0 radical (unpaired) electrons. The average molecular weight is 763 g/mol. The van der Waals surface area contributed by atoms with E-state index in [1.165, 1.54) is 41.5 Å². The Bertz CT molecular complexity index is 2140. The van der Waals surface area contributed by atoms with Crippen molar-refractivity contribution in [2.24, 2.45) is 23.7 Å². The fourth-order valence-electron chi connectivity index (χ4n) is 8.72. The number of aromatic hydroxyl groups is 1. The summed E-state index contributed by atoms with van der Waals surface area (Å²) in [6, 6.07) is 20.0. The average Bonchev–Trinajstić information content (AvgIpc) is 3.78. The summed E-state index contributed by atoms with van der Waals surface area (Å²) in [6.45, 7) is 0.174. The van der Waals surface area contributed by atoms with Gasteiger partial charge < -0.3 is 9.84 Å². The van der Waals surface area contributed by atoms with Gasteiger partial charge in [0.2, 0.25) is 11.8 Å². The summed E-state index contributed by atoms with van der Waals surface area (Å²) in [4.78, 5) is 60.6. The Hall–Kier alpha value is -4.35. The zero-order valence-electron chi connectivity index (χ0n) is 27.0. The Morgan fingerprint density at radius 3 is 2.39 bits per heavy atom. The number of halogens is 3. The van der Waals surface area contributed by atoms with E-state index in [0.29, 0.717) is 27.6 Å². The molecule has 2 N–H and O–H groups in total. The van der Waals surface area contributed by atoms with Crippen LogP contribution in [-0.2, 0) is 31.1 Å². The van der Waals surface area contributed by atoms with Gasteiger partial charge in [0.15, 0.2) is 0 Å². The van der Waals surface area contributed by atoms with Crippen LogP contribution in [0.1, 0.15) is 34.8 Å². The number of rotatable bonds is 7. The van der Waals surface area contributed by atoms with Crippen molar-refractivity contribution in [1.29, 1.82) is 0 Å². The van der Waals surface area contributed by atoms with E-state index in [9.17, 15) is 19.5 Å². The molecule has 2 aliphatic carbocycles. The van der Waals surface area contributed by atoms with Crippen LogP contribution >= 0.6 is 46.1 Å². The molecular weight excluding hydrogens is 733 g/mol. The Labute approximate surface area is 312 Å². The van der Waals surface area contributed by atoms with Crippen LogP contribution in [0.5, 0.6) is 11.5 Å². The van der Waals surface area contributed by atoms with E-state index in [2.05, 4.69) is 5.43 Å². The molecule has 2 aliphatic heterocycles. The molecule has 6 atom stereocenters. The number of phenols is 1. The predicted octanol–water partition coefficient (Wildman–Crippen LogP) is 7.61. The summed E-state index contributed by atoms with van der Waals surface area (Å²) in [6.07, 6.45) is 2.36. The number of allylic oxidation sites excluding steroid dienone is 2. The summed E-state index contributed by atoms with van der Waals surface area (Å²) in [5.74, 6) is -4.87. The number of carbonyl (C=O) groups is 4. The van der Waals surface area contributed by atoms with Crippen LogP contribution in [0.25, 0.3) is 0 Å². The molecule has 51 heavy (non-hydrogen) atoms. The standard InChI is InChI=1S/C38H30Cl3N3O6S/c1-50-22-8-4-19(5-9-22)38-28(35(47)44(37(38)49)42-31-13-6-20(39)15-30(31)41)17-27-24(33(38)25-10-7-21(45)16-29(25)40)11-12-26-32(27)36(48)43(34(26)46)18-23-3-2-14-51-23/h2-11,13-16,26-28,32-33,42,45H,12,17-18H2,1H3/t26-,27+,28-,32-,33+,38+/m0/s1. The zero-order chi connectivity index (χ0) is 35.8. The lowest BCUT2D eigenvalue weighted by atomic mass is 9.49. The molecule has 4 aliphatic rings. The van der Waals surface area contributed by atoms with Crippen molar-refractivity contribution in [3.8, 4) is 11.5 Å². The second-order valence-electron chi connectivity index (χ2n) is 13.3. The highest BCUT2D eigenvalue weighted by Crippen LogP contribution is 2.65. The quantitative estimate of drug-likeness (QED) is 0.147. The molecule has 1 aromatic heterocycles. The van der Waals surface area contributed by atoms with Crippen molar-refractivity contribution in [2.75, 3.05) is 12.5 Å². The molecule has 0 bridgehead atoms. The van der Waals surface area contributed by atoms with Gasteiger partial charge in [-0.3, -0.25) is 29.5 Å². The number of nitrogens with zero attached hydrogens (tertiary/aromatic N) is 2. The first kappa shape index (κ1) is 33.8. The third-order valence-corrected chi connectivity index (χ3v) is 12.6. The molecule has 4 aromatic rings. The SMILES string of the molecule is COc1ccc([C@@]23C(=O)N(Nc4ccc(Cl)cc4Cl)C(=O)[C@@H]2C[C@@H]2C(=CC[C@@H]4C(=O)N(Cc5cccs5)C(=O)[C@@H]42)[C@@H]3c2ccc(O)cc2Cl)cc1. The van der Waals surface area contributed by atoms with E-state index >= 15 is 4.79 Å². The van der Waals surface area contributed by atoms with Crippen molar-refractivity contribution in [2.45, 2.75) is 30.7 Å². The summed E-state index contributed by atoms with van der Waals surface area (Å²) in [7, 11) is 1.54. The Morgan fingerprint density at radius 2 is 1.71 bits per heavy atom. The molecule has 4 amide bonds. The lowest BCUT2D eigenvalue weighted by Crippen LogP contribution is -2.53. The van der Waals surface area contributed by atoms with Crippen LogP contribution < -0.4 is 10.2 Å². The van der Waals surface area contributed by atoms with E-state index in [-0.39, 0.29) is 47.0 Å². The first-order chi connectivity index (χ1) is 24.5. The van der Waals surface area contributed by atoms with Crippen LogP contribution in [0.4, 0.5) is 5.69 Å². The number of carbonyl (C=O) groups excluding carboxylic acids is 4. The van der Waals surface area contributed by atoms with Crippen molar-refractivity contribution in [3.63, 3.8) is 0 Å². The second-order valence-corrected chi connectivity index (χ2v) is 15.5. The highest BCUT2D eigenvalue weighted by atomic mass is 35.5. The number of amides is 4. The van der Waals surface area contributed by atoms with Crippen LogP contribution in [0.15, 0.2) is 89.8 Å². The number of nitrogens with one attached hydrogen (secondary N) is 1. The summed E-state index contributed by atoms with van der Waals surface area (Å²) in [5, 5.41) is 14.1. The van der Waals surface area contributed by atoms with E-state index in [1.54, 1.807) is 42.5 Å². The second kappa shape index (κ2) is 12.7. The van der Waals surface area contributed by atoms with E-state index in [4.69, 9.17) is 39.5 Å². The van der Waals surface area contributed by atoms with Gasteiger partial charge in [-0.25, -0.2) is 0 Å². The maximum absolute atomic E-state index is 15.3. The molecule has 1 saturated carbocycles. The number of methoxy groups -OCH3 is 1. The number of thiophene rings is 1. The number of hydrogen-bond donors (Lipinski definition) is 2. The fraction of sp³-hybridized carbons (Fsp3) is 0.263. The molecule has 13 heteroatoms.